The van der Waals surface area contributed by atoms with Crippen molar-refractivity contribution in [2.24, 2.45) is 4.99 Å². The van der Waals surface area contributed by atoms with Gasteiger partial charge in [0.05, 0.1) is 6.04 Å². The van der Waals surface area contributed by atoms with Crippen molar-refractivity contribution in [3.63, 3.8) is 0 Å². The van der Waals surface area contributed by atoms with E-state index < -0.39 is 0 Å². The molecule has 0 spiro atoms. The molecule has 0 radical (unpaired) electrons. The van der Waals surface area contributed by atoms with E-state index in [0.29, 0.717) is 30.4 Å². The summed E-state index contributed by atoms with van der Waals surface area (Å²) in [6, 6.07) is 13.4. The van der Waals surface area contributed by atoms with E-state index in [2.05, 4.69) is 37.7 Å². The Morgan fingerprint density at radius 2 is 2.04 bits per heavy atom. The quantitative estimate of drug-likeness (QED) is 0.466. The SMILES string of the molecule is CCNC(=NCCc1noc(-c2ccccn2)n1)NC(C)c1ccc(Cl)cc1. The highest BCUT2D eigenvalue weighted by Gasteiger charge is 2.10. The minimum absolute atomic E-state index is 0.0935. The molecule has 0 aliphatic heterocycles. The summed E-state index contributed by atoms with van der Waals surface area (Å²) in [7, 11) is 0. The van der Waals surface area contributed by atoms with Gasteiger partial charge in [0.2, 0.25) is 0 Å². The van der Waals surface area contributed by atoms with Crippen molar-refractivity contribution in [3.05, 3.63) is 65.1 Å². The van der Waals surface area contributed by atoms with Gasteiger partial charge in [-0.05, 0) is 43.7 Å². The van der Waals surface area contributed by atoms with Gasteiger partial charge in [0, 0.05) is 30.7 Å². The second-order valence-corrected chi connectivity index (χ2v) is 6.60. The molecule has 2 N–H and O–H groups in total. The van der Waals surface area contributed by atoms with Crippen LogP contribution in [0.2, 0.25) is 5.02 Å². The maximum atomic E-state index is 5.96. The van der Waals surface area contributed by atoms with Gasteiger partial charge < -0.3 is 15.2 Å². The van der Waals surface area contributed by atoms with Crippen molar-refractivity contribution in [2.45, 2.75) is 26.3 Å². The van der Waals surface area contributed by atoms with E-state index >= 15 is 0 Å². The van der Waals surface area contributed by atoms with Crippen molar-refractivity contribution in [1.29, 1.82) is 0 Å². The minimum Gasteiger partial charge on any atom is -0.357 e. The maximum Gasteiger partial charge on any atom is 0.276 e. The molecule has 2 heterocycles. The fraction of sp³-hybridized carbons (Fsp3) is 0.300. The Labute approximate surface area is 169 Å². The Balaban J connectivity index is 1.58. The van der Waals surface area contributed by atoms with Gasteiger partial charge in [0.1, 0.15) is 5.69 Å². The van der Waals surface area contributed by atoms with Crippen LogP contribution in [0.15, 0.2) is 58.2 Å². The zero-order chi connectivity index (χ0) is 19.8. The lowest BCUT2D eigenvalue weighted by molar-refractivity contribution is 0.421. The van der Waals surface area contributed by atoms with E-state index in [1.807, 2.05) is 49.4 Å². The van der Waals surface area contributed by atoms with Crippen LogP contribution in [0.5, 0.6) is 0 Å². The number of benzene rings is 1. The van der Waals surface area contributed by atoms with Crippen molar-refractivity contribution >= 4 is 17.6 Å². The van der Waals surface area contributed by atoms with Crippen molar-refractivity contribution < 1.29 is 4.52 Å². The van der Waals surface area contributed by atoms with Crippen LogP contribution < -0.4 is 10.6 Å². The third-order valence-electron chi connectivity index (χ3n) is 4.02. The Hall–Kier alpha value is -2.93. The standard InChI is InChI=1S/C20H23ClN6O/c1-3-22-20(25-14(2)15-7-9-16(21)10-8-15)24-13-11-18-26-19(28-27-18)17-6-4-5-12-23-17/h4-10,12,14H,3,11,13H2,1-2H3,(H2,22,24,25). The summed E-state index contributed by atoms with van der Waals surface area (Å²) in [6.45, 7) is 5.41. The summed E-state index contributed by atoms with van der Waals surface area (Å²) < 4.78 is 5.27. The van der Waals surface area contributed by atoms with E-state index in [1.54, 1.807) is 6.20 Å². The first-order valence-corrected chi connectivity index (χ1v) is 9.58. The number of pyridine rings is 1. The van der Waals surface area contributed by atoms with E-state index in [9.17, 15) is 0 Å². The summed E-state index contributed by atoms with van der Waals surface area (Å²) in [4.78, 5) is 13.2. The number of nitrogens with zero attached hydrogens (tertiary/aromatic N) is 4. The molecule has 0 bridgehead atoms. The number of aromatic nitrogens is 3. The second kappa shape index (κ2) is 9.85. The van der Waals surface area contributed by atoms with Gasteiger partial charge in [0.25, 0.3) is 5.89 Å². The molecule has 7 nitrogen and oxygen atoms in total. The number of hydrogen-bond acceptors (Lipinski definition) is 5. The third kappa shape index (κ3) is 5.53. The normalized spacial score (nSPS) is 12.6. The van der Waals surface area contributed by atoms with Crippen LogP contribution in [0, 0.1) is 0 Å². The van der Waals surface area contributed by atoms with Gasteiger partial charge >= 0.3 is 0 Å². The number of aliphatic imine (C=N–C) groups is 1. The molecule has 146 valence electrons. The molecule has 8 heteroatoms. The average Bonchev–Trinajstić information content (AvgIpc) is 3.18. The Morgan fingerprint density at radius 3 is 2.75 bits per heavy atom. The van der Waals surface area contributed by atoms with E-state index in [1.165, 1.54) is 0 Å². The van der Waals surface area contributed by atoms with Crippen LogP contribution in [-0.2, 0) is 6.42 Å². The first-order valence-electron chi connectivity index (χ1n) is 9.20. The van der Waals surface area contributed by atoms with Gasteiger partial charge in [-0.15, -0.1) is 0 Å². The van der Waals surface area contributed by atoms with Crippen molar-refractivity contribution in [3.8, 4) is 11.6 Å². The maximum absolute atomic E-state index is 5.96. The zero-order valence-electron chi connectivity index (χ0n) is 15.9. The molecule has 3 aromatic rings. The molecule has 0 aliphatic carbocycles. The van der Waals surface area contributed by atoms with Crippen LogP contribution >= 0.6 is 11.6 Å². The highest BCUT2D eigenvalue weighted by atomic mass is 35.5. The molecule has 0 saturated heterocycles. The van der Waals surface area contributed by atoms with E-state index in [-0.39, 0.29) is 6.04 Å². The predicted molar refractivity (Wildman–Crippen MR) is 110 cm³/mol. The van der Waals surface area contributed by atoms with Gasteiger partial charge in [-0.3, -0.25) is 9.98 Å². The Kier molecular flexibility index (Phi) is 6.97. The second-order valence-electron chi connectivity index (χ2n) is 6.16. The summed E-state index contributed by atoms with van der Waals surface area (Å²) in [5.41, 5.74) is 1.80. The molecular weight excluding hydrogens is 376 g/mol. The summed E-state index contributed by atoms with van der Waals surface area (Å²) in [6.07, 6.45) is 2.27. The summed E-state index contributed by atoms with van der Waals surface area (Å²) in [5, 5.41) is 11.4. The van der Waals surface area contributed by atoms with E-state index in [4.69, 9.17) is 16.1 Å². The van der Waals surface area contributed by atoms with Gasteiger partial charge in [-0.25, -0.2) is 0 Å². The van der Waals surface area contributed by atoms with Crippen LogP contribution in [0.25, 0.3) is 11.6 Å². The number of guanidine groups is 1. The van der Waals surface area contributed by atoms with Crippen LogP contribution in [-0.4, -0.2) is 34.2 Å². The molecule has 3 rings (SSSR count). The van der Waals surface area contributed by atoms with Gasteiger partial charge in [-0.1, -0.05) is 35.0 Å². The lowest BCUT2D eigenvalue weighted by Gasteiger charge is -2.18. The molecule has 0 amide bonds. The van der Waals surface area contributed by atoms with Gasteiger partial charge in [-0.2, -0.15) is 4.98 Å². The lowest BCUT2D eigenvalue weighted by Crippen LogP contribution is -2.38. The summed E-state index contributed by atoms with van der Waals surface area (Å²) in [5.74, 6) is 1.75. The average molecular weight is 399 g/mol. The molecule has 1 unspecified atom stereocenters. The van der Waals surface area contributed by atoms with E-state index in [0.717, 1.165) is 23.1 Å². The number of hydrogen-bond donors (Lipinski definition) is 2. The Bertz CT molecular complexity index is 895. The van der Waals surface area contributed by atoms with Crippen LogP contribution in [0.3, 0.4) is 0 Å². The molecule has 2 aromatic heterocycles. The largest absolute Gasteiger partial charge is 0.357 e. The molecule has 0 aliphatic rings. The number of halogens is 1. The molecule has 0 fully saturated rings. The molecule has 0 saturated carbocycles. The first kappa shape index (κ1) is 19.8. The molecular formula is C20H23ClN6O. The lowest BCUT2D eigenvalue weighted by atomic mass is 10.1. The van der Waals surface area contributed by atoms with Gasteiger partial charge in [0.15, 0.2) is 11.8 Å². The summed E-state index contributed by atoms with van der Waals surface area (Å²) >= 11 is 5.96. The molecule has 28 heavy (non-hydrogen) atoms. The fourth-order valence-electron chi connectivity index (χ4n) is 2.58. The highest BCUT2D eigenvalue weighted by molar-refractivity contribution is 6.30. The third-order valence-corrected chi connectivity index (χ3v) is 4.28. The highest BCUT2D eigenvalue weighted by Crippen LogP contribution is 2.16. The van der Waals surface area contributed by atoms with Crippen LogP contribution in [0.4, 0.5) is 0 Å². The topological polar surface area (TPSA) is 88.2 Å². The minimum atomic E-state index is 0.0935. The Morgan fingerprint density at radius 1 is 1.21 bits per heavy atom. The van der Waals surface area contributed by atoms with Crippen molar-refractivity contribution in [1.82, 2.24) is 25.8 Å². The number of rotatable bonds is 7. The smallest absolute Gasteiger partial charge is 0.276 e. The molecule has 1 aromatic carbocycles. The van der Waals surface area contributed by atoms with Crippen LogP contribution in [0.1, 0.15) is 31.3 Å². The first-order chi connectivity index (χ1) is 13.7. The fourth-order valence-corrected chi connectivity index (χ4v) is 2.70. The monoisotopic (exact) mass is 398 g/mol. The van der Waals surface area contributed by atoms with Crippen molar-refractivity contribution in [2.75, 3.05) is 13.1 Å². The predicted octanol–water partition coefficient (Wildman–Crippen LogP) is 3.64. The number of nitrogens with one attached hydrogen (secondary N) is 2. The molecule has 1 atom stereocenters. The zero-order valence-corrected chi connectivity index (χ0v) is 16.6.